The van der Waals surface area contributed by atoms with Gasteiger partial charge in [-0.25, -0.2) is 0 Å². The fourth-order valence-corrected chi connectivity index (χ4v) is 3.42. The molecule has 1 nitrogen and oxygen atoms in total. The molecule has 118 valence electrons. The van der Waals surface area contributed by atoms with Gasteiger partial charge in [-0.3, -0.25) is 0 Å². The van der Waals surface area contributed by atoms with E-state index < -0.39 is 0 Å². The lowest BCUT2D eigenvalue weighted by molar-refractivity contribution is 0.288. The van der Waals surface area contributed by atoms with Crippen LogP contribution in [0.2, 0.25) is 0 Å². The molecule has 1 heteroatoms. The van der Waals surface area contributed by atoms with E-state index in [4.69, 9.17) is 0 Å². The van der Waals surface area contributed by atoms with Crippen molar-refractivity contribution in [3.05, 3.63) is 35.4 Å². The normalized spacial score (nSPS) is 21.5. The van der Waals surface area contributed by atoms with Crippen molar-refractivity contribution >= 4 is 0 Å². The monoisotopic (exact) mass is 287 g/mol. The molecule has 1 saturated carbocycles. The molecule has 1 aromatic rings. The highest BCUT2D eigenvalue weighted by Gasteiger charge is 2.30. The number of unbranched alkanes of at least 4 members (excludes halogenated alkanes) is 3. The molecule has 2 rings (SSSR count). The van der Waals surface area contributed by atoms with Gasteiger partial charge in [0.1, 0.15) is 0 Å². The number of rotatable bonds is 9. The van der Waals surface area contributed by atoms with E-state index in [1.165, 1.54) is 57.1 Å². The number of hydrogen-bond donors (Lipinski definition) is 1. The highest BCUT2D eigenvalue weighted by atomic mass is 14.9. The third-order valence-electron chi connectivity index (χ3n) is 4.91. The van der Waals surface area contributed by atoms with Gasteiger partial charge >= 0.3 is 0 Å². The Balaban J connectivity index is 1.50. The molecule has 1 aromatic carbocycles. The lowest BCUT2D eigenvalue weighted by Gasteiger charge is -2.37. The van der Waals surface area contributed by atoms with E-state index in [0.29, 0.717) is 0 Å². The van der Waals surface area contributed by atoms with E-state index in [1.54, 1.807) is 5.56 Å². The van der Waals surface area contributed by atoms with Gasteiger partial charge in [-0.05, 0) is 55.7 Å². The van der Waals surface area contributed by atoms with Crippen molar-refractivity contribution in [2.45, 2.75) is 77.7 Å². The van der Waals surface area contributed by atoms with Crippen molar-refractivity contribution in [3.63, 3.8) is 0 Å². The van der Waals surface area contributed by atoms with Crippen LogP contribution in [0.4, 0.5) is 0 Å². The summed E-state index contributed by atoms with van der Waals surface area (Å²) >= 11 is 0. The Morgan fingerprint density at radius 1 is 1.05 bits per heavy atom. The quantitative estimate of drug-likeness (QED) is 0.597. The van der Waals surface area contributed by atoms with Crippen LogP contribution < -0.4 is 5.32 Å². The van der Waals surface area contributed by atoms with Crippen LogP contribution in [0.25, 0.3) is 0 Å². The lowest BCUT2D eigenvalue weighted by Crippen LogP contribution is -2.40. The van der Waals surface area contributed by atoms with Crippen LogP contribution in [0.5, 0.6) is 0 Å². The molecule has 0 bridgehead atoms. The first-order valence-corrected chi connectivity index (χ1v) is 8.95. The van der Waals surface area contributed by atoms with Gasteiger partial charge in [-0.1, -0.05) is 63.8 Å². The average molecular weight is 287 g/mol. The Kier molecular flexibility index (Phi) is 6.76. The zero-order valence-electron chi connectivity index (χ0n) is 14.2. The average Bonchev–Trinajstić information content (AvgIpc) is 2.40. The zero-order valence-corrected chi connectivity index (χ0v) is 14.2. The molecular formula is C20H33N. The van der Waals surface area contributed by atoms with Crippen LogP contribution in [0.15, 0.2) is 24.3 Å². The van der Waals surface area contributed by atoms with E-state index in [2.05, 4.69) is 50.4 Å². The minimum atomic E-state index is 0.769. The SMILES string of the molecule is Cc1ccccc1C1CC(NCCCCCCC(C)C)C1. The van der Waals surface area contributed by atoms with Crippen molar-refractivity contribution < 1.29 is 0 Å². The summed E-state index contributed by atoms with van der Waals surface area (Å²) in [6, 6.07) is 9.65. The fraction of sp³-hybridized carbons (Fsp3) is 0.700. The largest absolute Gasteiger partial charge is 0.314 e. The van der Waals surface area contributed by atoms with Crippen molar-refractivity contribution in [2.75, 3.05) is 6.54 Å². The molecule has 1 aliphatic carbocycles. The minimum absolute atomic E-state index is 0.769. The molecule has 1 fully saturated rings. The molecular weight excluding hydrogens is 254 g/mol. The number of nitrogens with one attached hydrogen (secondary N) is 1. The second-order valence-corrected chi connectivity index (χ2v) is 7.27. The van der Waals surface area contributed by atoms with Crippen molar-refractivity contribution in [2.24, 2.45) is 5.92 Å². The molecule has 0 atom stereocenters. The molecule has 1 aliphatic rings. The van der Waals surface area contributed by atoms with Crippen LogP contribution >= 0.6 is 0 Å². The van der Waals surface area contributed by atoms with E-state index >= 15 is 0 Å². The smallest absolute Gasteiger partial charge is 0.00787 e. The molecule has 0 radical (unpaired) electrons. The summed E-state index contributed by atoms with van der Waals surface area (Å²) in [4.78, 5) is 0. The van der Waals surface area contributed by atoms with E-state index in [1.807, 2.05) is 0 Å². The maximum atomic E-state index is 3.74. The Labute approximate surface area is 131 Å². The second kappa shape index (κ2) is 8.58. The summed E-state index contributed by atoms with van der Waals surface area (Å²) < 4.78 is 0. The third kappa shape index (κ3) is 5.47. The topological polar surface area (TPSA) is 12.0 Å². The zero-order chi connectivity index (χ0) is 15.1. The molecule has 21 heavy (non-hydrogen) atoms. The molecule has 0 saturated heterocycles. The summed E-state index contributed by atoms with van der Waals surface area (Å²) in [6.07, 6.45) is 9.63. The number of aryl methyl sites for hydroxylation is 1. The maximum Gasteiger partial charge on any atom is 0.00787 e. The molecule has 0 aromatic heterocycles. The minimum Gasteiger partial charge on any atom is -0.314 e. The van der Waals surface area contributed by atoms with Gasteiger partial charge in [0.2, 0.25) is 0 Å². The first-order chi connectivity index (χ1) is 10.2. The maximum absolute atomic E-state index is 3.74. The predicted molar refractivity (Wildman–Crippen MR) is 92.9 cm³/mol. The first kappa shape index (κ1) is 16.5. The van der Waals surface area contributed by atoms with Crippen molar-refractivity contribution in [1.82, 2.24) is 5.32 Å². The van der Waals surface area contributed by atoms with Crippen molar-refractivity contribution in [3.8, 4) is 0 Å². The standard InChI is InChI=1S/C20H33N/c1-16(2)10-6-4-5-9-13-21-19-14-18(15-19)20-12-8-7-11-17(20)3/h7-8,11-12,16,18-19,21H,4-6,9-10,13-15H2,1-3H3. The van der Waals surface area contributed by atoms with E-state index in [9.17, 15) is 0 Å². The van der Waals surface area contributed by atoms with Crippen LogP contribution in [-0.4, -0.2) is 12.6 Å². The lowest BCUT2D eigenvalue weighted by atomic mass is 9.74. The molecule has 0 aliphatic heterocycles. The Bertz CT molecular complexity index is 404. The highest BCUT2D eigenvalue weighted by Crippen LogP contribution is 2.38. The summed E-state index contributed by atoms with van der Waals surface area (Å²) in [6.45, 7) is 8.10. The number of benzene rings is 1. The van der Waals surface area contributed by atoms with Crippen LogP contribution in [0.3, 0.4) is 0 Å². The summed E-state index contributed by atoms with van der Waals surface area (Å²) in [7, 11) is 0. The highest BCUT2D eigenvalue weighted by molar-refractivity contribution is 5.31. The van der Waals surface area contributed by atoms with Crippen LogP contribution in [0.1, 0.15) is 75.8 Å². The van der Waals surface area contributed by atoms with Crippen LogP contribution in [-0.2, 0) is 0 Å². The molecule has 0 heterocycles. The van der Waals surface area contributed by atoms with E-state index in [-0.39, 0.29) is 0 Å². The van der Waals surface area contributed by atoms with Gasteiger partial charge in [0.05, 0.1) is 0 Å². The molecule has 1 N–H and O–H groups in total. The van der Waals surface area contributed by atoms with Crippen molar-refractivity contribution in [1.29, 1.82) is 0 Å². The number of hydrogen-bond acceptors (Lipinski definition) is 1. The fourth-order valence-electron chi connectivity index (χ4n) is 3.42. The summed E-state index contributed by atoms with van der Waals surface area (Å²) in [5, 5.41) is 3.74. The van der Waals surface area contributed by atoms with Gasteiger partial charge in [0.25, 0.3) is 0 Å². The van der Waals surface area contributed by atoms with Gasteiger partial charge in [-0.15, -0.1) is 0 Å². The van der Waals surface area contributed by atoms with Crippen LogP contribution in [0, 0.1) is 12.8 Å². The van der Waals surface area contributed by atoms with E-state index in [0.717, 1.165) is 17.9 Å². The third-order valence-corrected chi connectivity index (χ3v) is 4.91. The van der Waals surface area contributed by atoms with Gasteiger partial charge < -0.3 is 5.32 Å². The Hall–Kier alpha value is -0.820. The second-order valence-electron chi connectivity index (χ2n) is 7.27. The predicted octanol–water partition coefficient (Wildman–Crippen LogP) is 5.44. The molecule has 0 unspecified atom stereocenters. The van der Waals surface area contributed by atoms with Gasteiger partial charge in [0, 0.05) is 6.04 Å². The Morgan fingerprint density at radius 3 is 2.48 bits per heavy atom. The summed E-state index contributed by atoms with van der Waals surface area (Å²) in [5.41, 5.74) is 3.04. The summed E-state index contributed by atoms with van der Waals surface area (Å²) in [5.74, 6) is 1.67. The molecule has 0 amide bonds. The Morgan fingerprint density at radius 2 is 1.76 bits per heavy atom. The molecule has 0 spiro atoms. The first-order valence-electron chi connectivity index (χ1n) is 8.95. The van der Waals surface area contributed by atoms with Gasteiger partial charge in [0.15, 0.2) is 0 Å². The van der Waals surface area contributed by atoms with Gasteiger partial charge in [-0.2, -0.15) is 0 Å².